The van der Waals surface area contributed by atoms with E-state index in [1.807, 2.05) is 6.07 Å². The number of nitrogens with two attached hydrogens (primary N) is 1. The first-order valence-corrected chi connectivity index (χ1v) is 6.98. The van der Waals surface area contributed by atoms with Gasteiger partial charge in [0.25, 0.3) is 0 Å². The lowest BCUT2D eigenvalue weighted by Gasteiger charge is -2.14. The van der Waals surface area contributed by atoms with Crippen molar-refractivity contribution in [3.63, 3.8) is 0 Å². The summed E-state index contributed by atoms with van der Waals surface area (Å²) in [6.07, 6.45) is 1.56. The highest BCUT2D eigenvalue weighted by molar-refractivity contribution is 5.92. The summed E-state index contributed by atoms with van der Waals surface area (Å²) >= 11 is 0. The van der Waals surface area contributed by atoms with Gasteiger partial charge in [-0.25, -0.2) is 0 Å². The molecule has 1 aromatic heterocycles. The van der Waals surface area contributed by atoms with Crippen LogP contribution in [0.5, 0.6) is 0 Å². The third-order valence-corrected chi connectivity index (χ3v) is 3.23. The summed E-state index contributed by atoms with van der Waals surface area (Å²) in [6, 6.07) is 10.2. The first-order valence-electron chi connectivity index (χ1n) is 6.98. The monoisotopic (exact) mass is 301 g/mol. The minimum absolute atomic E-state index is 0.123. The molecule has 0 fully saturated rings. The fraction of sp³-hybridized carbons (Fsp3) is 0.250. The highest BCUT2D eigenvalue weighted by Crippen LogP contribution is 2.05. The summed E-state index contributed by atoms with van der Waals surface area (Å²) in [5.74, 6) is 0.114. The summed E-state index contributed by atoms with van der Waals surface area (Å²) in [5.41, 5.74) is 6.58. The zero-order chi connectivity index (χ0) is 15.9. The van der Waals surface area contributed by atoms with Crippen LogP contribution in [0.2, 0.25) is 0 Å². The molecular weight excluding hydrogens is 282 g/mol. The molecule has 0 saturated heterocycles. The molecule has 22 heavy (non-hydrogen) atoms. The van der Waals surface area contributed by atoms with Gasteiger partial charge in [-0.1, -0.05) is 12.1 Å². The largest absolute Gasteiger partial charge is 0.467 e. The van der Waals surface area contributed by atoms with Crippen LogP contribution in [0.1, 0.15) is 28.6 Å². The SMILES string of the molecule is CC(NCc1cccc(C(N)=O)c1)C(=O)NCc1ccco1. The molecule has 4 N–H and O–H groups in total. The molecule has 0 aliphatic rings. The van der Waals surface area contributed by atoms with Crippen molar-refractivity contribution >= 4 is 11.8 Å². The van der Waals surface area contributed by atoms with Gasteiger partial charge in [-0.2, -0.15) is 0 Å². The molecule has 116 valence electrons. The molecule has 0 radical (unpaired) electrons. The van der Waals surface area contributed by atoms with Gasteiger partial charge in [-0.05, 0) is 36.8 Å². The Balaban J connectivity index is 1.81. The zero-order valence-corrected chi connectivity index (χ0v) is 12.3. The van der Waals surface area contributed by atoms with E-state index in [4.69, 9.17) is 10.2 Å². The van der Waals surface area contributed by atoms with Crippen LogP contribution in [-0.2, 0) is 17.9 Å². The van der Waals surface area contributed by atoms with E-state index in [-0.39, 0.29) is 11.9 Å². The van der Waals surface area contributed by atoms with Gasteiger partial charge in [-0.3, -0.25) is 9.59 Å². The molecule has 2 aromatic rings. The molecule has 1 aromatic carbocycles. The predicted molar refractivity (Wildman–Crippen MR) is 81.8 cm³/mol. The number of amides is 2. The Morgan fingerprint density at radius 2 is 2.05 bits per heavy atom. The smallest absolute Gasteiger partial charge is 0.248 e. The molecule has 0 spiro atoms. The zero-order valence-electron chi connectivity index (χ0n) is 12.3. The minimum Gasteiger partial charge on any atom is -0.467 e. The van der Waals surface area contributed by atoms with Crippen LogP contribution in [0.15, 0.2) is 47.1 Å². The number of rotatable bonds is 7. The van der Waals surface area contributed by atoms with E-state index in [0.717, 1.165) is 5.56 Å². The standard InChI is InChI=1S/C16H19N3O3/c1-11(16(21)19-10-14-6-3-7-22-14)18-9-12-4-2-5-13(8-12)15(17)20/h2-8,11,18H,9-10H2,1H3,(H2,17,20)(H,19,21). The van der Waals surface area contributed by atoms with Crippen molar-refractivity contribution in [2.24, 2.45) is 5.73 Å². The number of benzene rings is 1. The number of nitrogens with one attached hydrogen (secondary N) is 2. The molecular formula is C16H19N3O3. The molecule has 1 atom stereocenters. The van der Waals surface area contributed by atoms with Crippen LogP contribution in [0.3, 0.4) is 0 Å². The van der Waals surface area contributed by atoms with Gasteiger partial charge in [0.15, 0.2) is 0 Å². The maximum atomic E-state index is 11.9. The second-order valence-corrected chi connectivity index (χ2v) is 4.96. The van der Waals surface area contributed by atoms with Gasteiger partial charge in [-0.15, -0.1) is 0 Å². The van der Waals surface area contributed by atoms with Gasteiger partial charge < -0.3 is 20.8 Å². The second kappa shape index (κ2) is 7.42. The molecule has 2 rings (SSSR count). The van der Waals surface area contributed by atoms with Crippen LogP contribution in [0.4, 0.5) is 0 Å². The van der Waals surface area contributed by atoms with Crippen LogP contribution in [-0.4, -0.2) is 17.9 Å². The number of hydrogen-bond acceptors (Lipinski definition) is 4. The van der Waals surface area contributed by atoms with E-state index in [9.17, 15) is 9.59 Å². The van der Waals surface area contributed by atoms with Crippen molar-refractivity contribution < 1.29 is 14.0 Å². The van der Waals surface area contributed by atoms with E-state index in [2.05, 4.69) is 10.6 Å². The normalized spacial score (nSPS) is 11.9. The predicted octanol–water partition coefficient (Wildman–Crippen LogP) is 1.17. The number of carbonyl (C=O) groups is 2. The van der Waals surface area contributed by atoms with Crippen LogP contribution in [0.25, 0.3) is 0 Å². The van der Waals surface area contributed by atoms with Crippen LogP contribution < -0.4 is 16.4 Å². The van der Waals surface area contributed by atoms with Crippen molar-refractivity contribution in [2.75, 3.05) is 0 Å². The summed E-state index contributed by atoms with van der Waals surface area (Å²) < 4.78 is 5.15. The van der Waals surface area contributed by atoms with E-state index < -0.39 is 5.91 Å². The van der Waals surface area contributed by atoms with Gasteiger partial charge in [0.2, 0.25) is 11.8 Å². The average Bonchev–Trinajstić information content (AvgIpc) is 3.04. The third-order valence-electron chi connectivity index (χ3n) is 3.23. The topological polar surface area (TPSA) is 97.4 Å². The highest BCUT2D eigenvalue weighted by atomic mass is 16.3. The summed E-state index contributed by atoms with van der Waals surface area (Å²) in [6.45, 7) is 2.60. The van der Waals surface area contributed by atoms with Gasteiger partial charge in [0.05, 0.1) is 18.8 Å². The lowest BCUT2D eigenvalue weighted by Crippen LogP contribution is -2.41. The molecule has 1 unspecified atom stereocenters. The maximum Gasteiger partial charge on any atom is 0.248 e. The first-order chi connectivity index (χ1) is 10.6. The molecule has 0 aliphatic carbocycles. The minimum atomic E-state index is -0.467. The Bertz CT molecular complexity index is 638. The fourth-order valence-electron chi connectivity index (χ4n) is 1.94. The molecule has 2 amide bonds. The number of furan rings is 1. The van der Waals surface area contributed by atoms with E-state index >= 15 is 0 Å². The van der Waals surface area contributed by atoms with Crippen molar-refractivity contribution in [1.82, 2.24) is 10.6 Å². The fourth-order valence-corrected chi connectivity index (χ4v) is 1.94. The Kier molecular flexibility index (Phi) is 5.32. The summed E-state index contributed by atoms with van der Waals surface area (Å²) in [4.78, 5) is 23.1. The average molecular weight is 301 g/mol. The molecule has 0 saturated carbocycles. The van der Waals surface area contributed by atoms with Crippen molar-refractivity contribution in [1.29, 1.82) is 0 Å². The van der Waals surface area contributed by atoms with Crippen molar-refractivity contribution in [2.45, 2.75) is 26.1 Å². The van der Waals surface area contributed by atoms with E-state index in [0.29, 0.717) is 24.4 Å². The summed E-state index contributed by atoms with van der Waals surface area (Å²) in [5, 5.41) is 5.88. The molecule has 0 aliphatic heterocycles. The maximum absolute atomic E-state index is 11.9. The van der Waals surface area contributed by atoms with Crippen LogP contribution >= 0.6 is 0 Å². The number of hydrogen-bond donors (Lipinski definition) is 3. The van der Waals surface area contributed by atoms with Gasteiger partial charge in [0.1, 0.15) is 5.76 Å². The van der Waals surface area contributed by atoms with Gasteiger partial charge >= 0.3 is 0 Å². The van der Waals surface area contributed by atoms with Gasteiger partial charge in [0, 0.05) is 12.1 Å². The third kappa shape index (κ3) is 4.46. The lowest BCUT2D eigenvalue weighted by atomic mass is 10.1. The molecule has 0 bridgehead atoms. The molecule has 6 heteroatoms. The summed E-state index contributed by atoms with van der Waals surface area (Å²) in [7, 11) is 0. The van der Waals surface area contributed by atoms with Crippen molar-refractivity contribution in [3.8, 4) is 0 Å². The van der Waals surface area contributed by atoms with Crippen molar-refractivity contribution in [3.05, 3.63) is 59.5 Å². The molecule has 6 nitrogen and oxygen atoms in total. The second-order valence-electron chi connectivity index (χ2n) is 4.96. The molecule has 1 heterocycles. The Morgan fingerprint density at radius 3 is 2.73 bits per heavy atom. The lowest BCUT2D eigenvalue weighted by molar-refractivity contribution is -0.123. The van der Waals surface area contributed by atoms with E-state index in [1.54, 1.807) is 43.5 Å². The number of carbonyl (C=O) groups excluding carboxylic acids is 2. The quantitative estimate of drug-likeness (QED) is 0.715. The van der Waals surface area contributed by atoms with Crippen LogP contribution in [0, 0.1) is 0 Å². The number of primary amides is 1. The Hall–Kier alpha value is -2.60. The highest BCUT2D eigenvalue weighted by Gasteiger charge is 2.12. The Morgan fingerprint density at radius 1 is 1.23 bits per heavy atom. The van der Waals surface area contributed by atoms with E-state index in [1.165, 1.54) is 0 Å². The first kappa shape index (κ1) is 15.8. The Labute approximate surface area is 128 Å².